The van der Waals surface area contributed by atoms with Gasteiger partial charge in [0.05, 0.1) is 19.8 Å². The quantitative estimate of drug-likeness (QED) is 0.791. The van der Waals surface area contributed by atoms with Gasteiger partial charge in [0.2, 0.25) is 0 Å². The highest BCUT2D eigenvalue weighted by molar-refractivity contribution is 9.10. The van der Waals surface area contributed by atoms with E-state index >= 15 is 0 Å². The van der Waals surface area contributed by atoms with Crippen LogP contribution >= 0.6 is 15.9 Å². The molecule has 118 valence electrons. The van der Waals surface area contributed by atoms with Gasteiger partial charge in [-0.05, 0) is 62.4 Å². The summed E-state index contributed by atoms with van der Waals surface area (Å²) in [5, 5.41) is 3.61. The lowest BCUT2D eigenvalue weighted by Crippen LogP contribution is -2.35. The standard InChI is InChI=1S/C17H26BrNO2/c1-3-10-19-14-4-6-15(7-5-14)21-12-13-11-16(20-2)8-9-17(13)18/h8-9,11,14-15,19H,3-7,10,12H2,1-2H3. The summed E-state index contributed by atoms with van der Waals surface area (Å²) in [6.07, 6.45) is 6.36. The van der Waals surface area contributed by atoms with Crippen molar-refractivity contribution < 1.29 is 9.47 Å². The smallest absolute Gasteiger partial charge is 0.119 e. The third kappa shape index (κ3) is 5.28. The first kappa shape index (κ1) is 16.8. The van der Waals surface area contributed by atoms with Gasteiger partial charge in [-0.1, -0.05) is 22.9 Å². The minimum atomic E-state index is 0.391. The molecule has 0 aromatic heterocycles. The van der Waals surface area contributed by atoms with Crippen LogP contribution in [-0.2, 0) is 11.3 Å². The molecular weight excluding hydrogens is 330 g/mol. The molecule has 1 aliphatic rings. The van der Waals surface area contributed by atoms with Crippen LogP contribution in [0.3, 0.4) is 0 Å². The third-order valence-electron chi connectivity index (χ3n) is 4.08. The molecule has 2 rings (SSSR count). The van der Waals surface area contributed by atoms with Crippen LogP contribution in [-0.4, -0.2) is 25.8 Å². The number of benzene rings is 1. The Balaban J connectivity index is 1.77. The monoisotopic (exact) mass is 355 g/mol. The second kappa shape index (κ2) is 8.76. The molecule has 4 heteroatoms. The number of nitrogens with one attached hydrogen (secondary N) is 1. The zero-order valence-electron chi connectivity index (χ0n) is 13.0. The molecule has 0 amide bonds. The maximum Gasteiger partial charge on any atom is 0.119 e. The fourth-order valence-electron chi connectivity index (χ4n) is 2.78. The second-order valence-electron chi connectivity index (χ2n) is 5.70. The van der Waals surface area contributed by atoms with E-state index in [1.165, 1.54) is 19.3 Å². The van der Waals surface area contributed by atoms with Crippen molar-refractivity contribution >= 4 is 15.9 Å². The van der Waals surface area contributed by atoms with Crippen molar-refractivity contribution in [3.05, 3.63) is 28.2 Å². The van der Waals surface area contributed by atoms with Gasteiger partial charge in [-0.3, -0.25) is 0 Å². The van der Waals surface area contributed by atoms with Crippen molar-refractivity contribution in [1.29, 1.82) is 0 Å². The molecule has 0 aliphatic heterocycles. The first-order valence-electron chi connectivity index (χ1n) is 7.90. The number of ether oxygens (including phenoxy) is 2. The van der Waals surface area contributed by atoms with Gasteiger partial charge in [0.25, 0.3) is 0 Å². The summed E-state index contributed by atoms with van der Waals surface area (Å²) in [5.74, 6) is 0.879. The van der Waals surface area contributed by atoms with Gasteiger partial charge < -0.3 is 14.8 Å². The Kier molecular flexibility index (Phi) is 7.00. The lowest BCUT2D eigenvalue weighted by Gasteiger charge is -2.29. The molecule has 1 fully saturated rings. The minimum absolute atomic E-state index is 0.391. The normalized spacial score (nSPS) is 22.2. The van der Waals surface area contributed by atoms with Gasteiger partial charge in [0.1, 0.15) is 5.75 Å². The molecule has 1 N–H and O–H groups in total. The van der Waals surface area contributed by atoms with Gasteiger partial charge in [-0.15, -0.1) is 0 Å². The molecule has 0 radical (unpaired) electrons. The Morgan fingerprint density at radius 2 is 2.00 bits per heavy atom. The molecule has 0 bridgehead atoms. The lowest BCUT2D eigenvalue weighted by atomic mass is 9.93. The van der Waals surface area contributed by atoms with E-state index in [4.69, 9.17) is 9.47 Å². The summed E-state index contributed by atoms with van der Waals surface area (Å²) in [6.45, 7) is 4.00. The van der Waals surface area contributed by atoms with E-state index in [1.54, 1.807) is 7.11 Å². The van der Waals surface area contributed by atoms with Gasteiger partial charge in [0, 0.05) is 10.5 Å². The number of methoxy groups -OCH3 is 1. The zero-order valence-corrected chi connectivity index (χ0v) is 14.6. The summed E-state index contributed by atoms with van der Waals surface area (Å²) in [5.41, 5.74) is 1.15. The summed E-state index contributed by atoms with van der Waals surface area (Å²) in [7, 11) is 1.69. The predicted molar refractivity (Wildman–Crippen MR) is 89.8 cm³/mol. The maximum absolute atomic E-state index is 6.09. The van der Waals surface area contributed by atoms with E-state index in [2.05, 4.69) is 28.2 Å². The average Bonchev–Trinajstić information content (AvgIpc) is 2.53. The van der Waals surface area contributed by atoms with Crippen LogP contribution in [0.5, 0.6) is 5.75 Å². The van der Waals surface area contributed by atoms with Gasteiger partial charge in [-0.25, -0.2) is 0 Å². The summed E-state index contributed by atoms with van der Waals surface area (Å²) < 4.78 is 12.4. The molecule has 1 aromatic carbocycles. The van der Waals surface area contributed by atoms with Crippen LogP contribution < -0.4 is 10.1 Å². The second-order valence-corrected chi connectivity index (χ2v) is 6.55. The fourth-order valence-corrected chi connectivity index (χ4v) is 3.14. The van der Waals surface area contributed by atoms with Crippen molar-refractivity contribution in [3.63, 3.8) is 0 Å². The topological polar surface area (TPSA) is 30.5 Å². The van der Waals surface area contributed by atoms with Crippen LogP contribution in [0, 0.1) is 0 Å². The van der Waals surface area contributed by atoms with E-state index in [1.807, 2.05) is 18.2 Å². The van der Waals surface area contributed by atoms with Crippen molar-refractivity contribution in [3.8, 4) is 5.75 Å². The minimum Gasteiger partial charge on any atom is -0.497 e. The van der Waals surface area contributed by atoms with Crippen molar-refractivity contribution in [2.75, 3.05) is 13.7 Å². The largest absolute Gasteiger partial charge is 0.497 e. The number of hydrogen-bond acceptors (Lipinski definition) is 3. The van der Waals surface area contributed by atoms with E-state index in [9.17, 15) is 0 Å². The molecule has 1 saturated carbocycles. The Labute approximate surface area is 136 Å². The Bertz CT molecular complexity index is 431. The van der Waals surface area contributed by atoms with Crippen LogP contribution in [0.25, 0.3) is 0 Å². The fraction of sp³-hybridized carbons (Fsp3) is 0.647. The molecule has 0 saturated heterocycles. The molecular formula is C17H26BrNO2. The van der Waals surface area contributed by atoms with E-state index in [-0.39, 0.29) is 0 Å². The first-order valence-corrected chi connectivity index (χ1v) is 8.69. The summed E-state index contributed by atoms with van der Waals surface area (Å²) >= 11 is 3.58. The predicted octanol–water partition coefficient (Wildman–Crippen LogP) is 4.29. The van der Waals surface area contributed by atoms with Gasteiger partial charge in [-0.2, -0.15) is 0 Å². The van der Waals surface area contributed by atoms with E-state index in [0.717, 1.165) is 35.2 Å². The highest BCUT2D eigenvalue weighted by atomic mass is 79.9. The zero-order chi connectivity index (χ0) is 15.1. The number of hydrogen-bond donors (Lipinski definition) is 1. The number of halogens is 1. The Hall–Kier alpha value is -0.580. The van der Waals surface area contributed by atoms with Gasteiger partial charge >= 0.3 is 0 Å². The van der Waals surface area contributed by atoms with Crippen molar-refractivity contribution in [2.24, 2.45) is 0 Å². The molecule has 0 unspecified atom stereocenters. The van der Waals surface area contributed by atoms with Crippen LogP contribution in [0.1, 0.15) is 44.6 Å². The molecule has 3 nitrogen and oxygen atoms in total. The molecule has 0 heterocycles. The molecule has 0 atom stereocenters. The average molecular weight is 356 g/mol. The van der Waals surface area contributed by atoms with Gasteiger partial charge in [0.15, 0.2) is 0 Å². The Morgan fingerprint density at radius 3 is 2.67 bits per heavy atom. The highest BCUT2D eigenvalue weighted by Gasteiger charge is 2.21. The van der Waals surface area contributed by atoms with Crippen LogP contribution in [0.15, 0.2) is 22.7 Å². The molecule has 21 heavy (non-hydrogen) atoms. The molecule has 0 spiro atoms. The van der Waals surface area contributed by atoms with Crippen molar-refractivity contribution in [1.82, 2.24) is 5.32 Å². The van der Waals surface area contributed by atoms with Crippen LogP contribution in [0.2, 0.25) is 0 Å². The SMILES string of the molecule is CCCNC1CCC(OCc2cc(OC)ccc2Br)CC1. The molecule has 1 aromatic rings. The van der Waals surface area contributed by atoms with Crippen LogP contribution in [0.4, 0.5) is 0 Å². The highest BCUT2D eigenvalue weighted by Crippen LogP contribution is 2.26. The van der Waals surface area contributed by atoms with Crippen molar-refractivity contribution in [2.45, 2.75) is 57.8 Å². The summed E-state index contributed by atoms with van der Waals surface area (Å²) in [4.78, 5) is 0. The Morgan fingerprint density at radius 1 is 1.24 bits per heavy atom. The number of rotatable bonds is 7. The first-order chi connectivity index (χ1) is 10.2. The molecule has 1 aliphatic carbocycles. The third-order valence-corrected chi connectivity index (χ3v) is 4.86. The van der Waals surface area contributed by atoms with E-state index in [0.29, 0.717) is 18.8 Å². The maximum atomic E-state index is 6.09. The summed E-state index contributed by atoms with van der Waals surface area (Å²) in [6, 6.07) is 6.70. The lowest BCUT2D eigenvalue weighted by molar-refractivity contribution is 0.0110. The van der Waals surface area contributed by atoms with E-state index < -0.39 is 0 Å².